The van der Waals surface area contributed by atoms with Crippen molar-refractivity contribution < 1.29 is 14.0 Å². The SMILES string of the molecule is CC(=O)C(F)CCCCCCNC(=O)NC12CC3CC(CC(C3)C1)C2. The van der Waals surface area contributed by atoms with Gasteiger partial charge in [0.15, 0.2) is 12.0 Å². The Hall–Kier alpha value is -1.13. The molecule has 1 unspecified atom stereocenters. The van der Waals surface area contributed by atoms with Crippen LogP contribution in [0.1, 0.15) is 77.6 Å². The van der Waals surface area contributed by atoms with E-state index < -0.39 is 6.17 Å². The summed E-state index contributed by atoms with van der Waals surface area (Å²) in [4.78, 5) is 23.1. The molecule has 142 valence electrons. The average molecular weight is 352 g/mol. The number of rotatable bonds is 9. The minimum absolute atomic E-state index is 0.0117. The molecule has 25 heavy (non-hydrogen) atoms. The molecule has 4 bridgehead atoms. The van der Waals surface area contributed by atoms with Gasteiger partial charge < -0.3 is 10.6 Å². The Morgan fingerprint density at radius 2 is 1.56 bits per heavy atom. The van der Waals surface area contributed by atoms with Crippen LogP contribution in [0.2, 0.25) is 0 Å². The van der Waals surface area contributed by atoms with Crippen LogP contribution in [0.4, 0.5) is 9.18 Å². The molecule has 0 aromatic rings. The standard InChI is InChI=1S/C20H33FN2O2/c1-14(24)18(21)6-4-2-3-5-7-22-19(25)23-20-11-15-8-16(12-20)10-17(9-15)13-20/h15-18H,2-13H2,1H3,(H2,22,23,25). The Balaban J connectivity index is 1.27. The highest BCUT2D eigenvalue weighted by Crippen LogP contribution is 2.55. The van der Waals surface area contributed by atoms with Gasteiger partial charge in [-0.3, -0.25) is 4.79 Å². The molecule has 4 aliphatic rings. The van der Waals surface area contributed by atoms with E-state index in [9.17, 15) is 14.0 Å². The van der Waals surface area contributed by atoms with E-state index in [4.69, 9.17) is 0 Å². The molecule has 0 radical (unpaired) electrons. The smallest absolute Gasteiger partial charge is 0.315 e. The van der Waals surface area contributed by atoms with Crippen molar-refractivity contribution >= 4 is 11.8 Å². The van der Waals surface area contributed by atoms with E-state index in [1.807, 2.05) is 0 Å². The topological polar surface area (TPSA) is 58.2 Å². The molecular weight excluding hydrogens is 319 g/mol. The lowest BCUT2D eigenvalue weighted by molar-refractivity contribution is -0.121. The van der Waals surface area contributed by atoms with Crippen LogP contribution in [0.5, 0.6) is 0 Å². The number of hydrogen-bond donors (Lipinski definition) is 2. The summed E-state index contributed by atoms with van der Waals surface area (Å²) in [5.41, 5.74) is 0.0711. The van der Waals surface area contributed by atoms with Crippen LogP contribution in [0, 0.1) is 17.8 Å². The quantitative estimate of drug-likeness (QED) is 0.613. The number of ketones is 1. The number of Topliss-reactive ketones (excluding diaryl/α,β-unsaturated/α-hetero) is 1. The molecule has 2 N–H and O–H groups in total. The maximum atomic E-state index is 13.1. The van der Waals surface area contributed by atoms with Gasteiger partial charge in [0.1, 0.15) is 0 Å². The van der Waals surface area contributed by atoms with Crippen LogP contribution < -0.4 is 10.6 Å². The minimum Gasteiger partial charge on any atom is -0.338 e. The lowest BCUT2D eigenvalue weighted by Gasteiger charge is -2.56. The molecule has 0 heterocycles. The Bertz CT molecular complexity index is 459. The predicted octanol–water partition coefficient (Wildman–Crippen LogP) is 4.13. The molecule has 5 heteroatoms. The Morgan fingerprint density at radius 3 is 2.12 bits per heavy atom. The first-order valence-corrected chi connectivity index (χ1v) is 10.2. The summed E-state index contributed by atoms with van der Waals surface area (Å²) in [6.45, 7) is 1.97. The van der Waals surface area contributed by atoms with Gasteiger partial charge in [0.25, 0.3) is 0 Å². The van der Waals surface area contributed by atoms with Gasteiger partial charge >= 0.3 is 6.03 Å². The summed E-state index contributed by atoms with van der Waals surface area (Å²) in [7, 11) is 0. The van der Waals surface area contributed by atoms with Crippen molar-refractivity contribution in [2.45, 2.75) is 89.3 Å². The fourth-order valence-electron chi connectivity index (χ4n) is 5.76. The maximum absolute atomic E-state index is 13.1. The monoisotopic (exact) mass is 352 g/mol. The van der Waals surface area contributed by atoms with Gasteiger partial charge in [-0.25, -0.2) is 9.18 Å². The number of halogens is 1. The summed E-state index contributed by atoms with van der Waals surface area (Å²) in [5.74, 6) is 2.13. The van der Waals surface area contributed by atoms with Crippen LogP contribution in [-0.4, -0.2) is 30.1 Å². The van der Waals surface area contributed by atoms with Crippen LogP contribution >= 0.6 is 0 Å². The molecule has 0 saturated heterocycles. The summed E-state index contributed by atoms with van der Waals surface area (Å²) >= 11 is 0. The number of nitrogens with one attached hydrogen (secondary N) is 2. The molecule has 0 aliphatic heterocycles. The van der Waals surface area contributed by atoms with Gasteiger partial charge in [-0.2, -0.15) is 0 Å². The first-order chi connectivity index (χ1) is 12.0. The van der Waals surface area contributed by atoms with Crippen molar-refractivity contribution in [3.63, 3.8) is 0 Å². The Morgan fingerprint density at radius 1 is 1.00 bits per heavy atom. The van der Waals surface area contributed by atoms with Gasteiger partial charge in [-0.05, 0) is 76.0 Å². The van der Waals surface area contributed by atoms with Crippen LogP contribution in [-0.2, 0) is 4.79 Å². The first-order valence-electron chi connectivity index (χ1n) is 10.2. The van der Waals surface area contributed by atoms with E-state index in [1.54, 1.807) is 0 Å². The summed E-state index contributed by atoms with van der Waals surface area (Å²) < 4.78 is 13.1. The second kappa shape index (κ2) is 8.05. The van der Waals surface area contributed by atoms with Crippen molar-refractivity contribution in [1.82, 2.24) is 10.6 Å². The molecular formula is C20H33FN2O2. The zero-order chi connectivity index (χ0) is 17.9. The molecule has 0 spiro atoms. The van der Waals surface area contributed by atoms with E-state index in [2.05, 4.69) is 10.6 Å². The third-order valence-corrected chi connectivity index (χ3v) is 6.53. The van der Waals surface area contributed by atoms with Gasteiger partial charge in [0.05, 0.1) is 0 Å². The van der Waals surface area contributed by atoms with E-state index in [0.717, 1.165) is 43.4 Å². The maximum Gasteiger partial charge on any atom is 0.315 e. The number of hydrogen-bond acceptors (Lipinski definition) is 2. The van der Waals surface area contributed by atoms with Gasteiger partial charge in [-0.1, -0.05) is 19.3 Å². The molecule has 4 aliphatic carbocycles. The average Bonchev–Trinajstić information content (AvgIpc) is 2.51. The summed E-state index contributed by atoms with van der Waals surface area (Å²) in [6, 6.07) is -0.0117. The summed E-state index contributed by atoms with van der Waals surface area (Å²) in [5, 5.41) is 6.31. The fourth-order valence-corrected chi connectivity index (χ4v) is 5.76. The molecule has 4 nitrogen and oxygen atoms in total. The highest BCUT2D eigenvalue weighted by Gasteiger charge is 2.51. The molecule has 2 amide bonds. The van der Waals surface area contributed by atoms with Crippen molar-refractivity contribution in [3.05, 3.63) is 0 Å². The lowest BCUT2D eigenvalue weighted by Crippen LogP contribution is -2.61. The Kier molecular flexibility index (Phi) is 6.00. The molecule has 4 saturated carbocycles. The Labute approximate surface area is 150 Å². The third kappa shape index (κ3) is 4.95. The molecule has 0 aromatic carbocycles. The van der Waals surface area contributed by atoms with E-state index >= 15 is 0 Å². The second-order valence-electron chi connectivity index (χ2n) is 8.86. The zero-order valence-electron chi connectivity index (χ0n) is 15.5. The number of carbonyl (C=O) groups excluding carboxylic acids is 2. The van der Waals surface area contributed by atoms with Gasteiger partial charge in [-0.15, -0.1) is 0 Å². The second-order valence-corrected chi connectivity index (χ2v) is 8.86. The third-order valence-electron chi connectivity index (χ3n) is 6.53. The molecule has 1 atom stereocenters. The number of alkyl halides is 1. The van der Waals surface area contributed by atoms with Crippen LogP contribution in [0.3, 0.4) is 0 Å². The number of unbranched alkanes of at least 4 members (excludes halogenated alkanes) is 3. The zero-order valence-corrected chi connectivity index (χ0v) is 15.5. The van der Waals surface area contributed by atoms with Crippen LogP contribution in [0.25, 0.3) is 0 Å². The number of urea groups is 1. The van der Waals surface area contributed by atoms with Crippen molar-refractivity contribution in [1.29, 1.82) is 0 Å². The number of carbonyl (C=O) groups is 2. The molecule has 0 aromatic heterocycles. The van der Waals surface area contributed by atoms with Gasteiger partial charge in [0.2, 0.25) is 0 Å². The van der Waals surface area contributed by atoms with E-state index in [0.29, 0.717) is 13.0 Å². The highest BCUT2D eigenvalue weighted by atomic mass is 19.1. The molecule has 4 fully saturated rings. The highest BCUT2D eigenvalue weighted by molar-refractivity contribution is 5.80. The molecule has 4 rings (SSSR count). The van der Waals surface area contributed by atoms with E-state index in [-0.39, 0.29) is 17.4 Å². The normalized spacial score (nSPS) is 33.9. The predicted molar refractivity (Wildman–Crippen MR) is 96.1 cm³/mol. The van der Waals surface area contributed by atoms with Crippen LogP contribution in [0.15, 0.2) is 0 Å². The first kappa shape index (κ1) is 18.7. The number of amides is 2. The van der Waals surface area contributed by atoms with Gasteiger partial charge in [0, 0.05) is 12.1 Å². The van der Waals surface area contributed by atoms with Crippen molar-refractivity contribution in [2.75, 3.05) is 6.54 Å². The van der Waals surface area contributed by atoms with E-state index in [1.165, 1.54) is 45.4 Å². The summed E-state index contributed by atoms with van der Waals surface area (Å²) in [6.07, 6.45) is 10.2. The minimum atomic E-state index is -1.30. The fraction of sp³-hybridized carbons (Fsp3) is 0.900. The lowest BCUT2D eigenvalue weighted by atomic mass is 9.53. The largest absolute Gasteiger partial charge is 0.338 e. The van der Waals surface area contributed by atoms with Crippen molar-refractivity contribution in [2.24, 2.45) is 17.8 Å². The van der Waals surface area contributed by atoms with Crippen molar-refractivity contribution in [3.8, 4) is 0 Å².